The van der Waals surface area contributed by atoms with E-state index in [-0.39, 0.29) is 0 Å². The first-order valence-corrected chi connectivity index (χ1v) is 6.91. The summed E-state index contributed by atoms with van der Waals surface area (Å²) in [6.07, 6.45) is 2.73. The van der Waals surface area contributed by atoms with Crippen LogP contribution in [0.5, 0.6) is 0 Å². The van der Waals surface area contributed by atoms with Crippen LogP contribution in [-0.2, 0) is 13.1 Å². The van der Waals surface area contributed by atoms with Gasteiger partial charge in [0.15, 0.2) is 0 Å². The number of hydrogen-bond donors (Lipinski definition) is 1. The van der Waals surface area contributed by atoms with Gasteiger partial charge in [0.1, 0.15) is 12.2 Å². The van der Waals surface area contributed by atoms with Gasteiger partial charge in [-0.15, -0.1) is 0 Å². The number of nitrogens with zero attached hydrogens (tertiary/aromatic N) is 3. The minimum Gasteiger partial charge on any atom is -0.310 e. The summed E-state index contributed by atoms with van der Waals surface area (Å²) in [5.41, 5.74) is 1.21. The van der Waals surface area contributed by atoms with Crippen molar-refractivity contribution < 1.29 is 0 Å². The molecule has 96 valence electrons. The van der Waals surface area contributed by atoms with Crippen LogP contribution < -0.4 is 5.32 Å². The Morgan fingerprint density at radius 2 is 2.17 bits per heavy atom. The molecule has 0 aliphatic rings. The maximum absolute atomic E-state index is 4.29. The number of nitrogens with one attached hydrogen (secondary N) is 1. The van der Waals surface area contributed by atoms with Gasteiger partial charge in [0.05, 0.1) is 13.1 Å². The van der Waals surface area contributed by atoms with Crippen molar-refractivity contribution in [3.05, 3.63) is 46.5 Å². The zero-order valence-electron chi connectivity index (χ0n) is 10.4. The normalized spacial score (nSPS) is 10.8. The van der Waals surface area contributed by atoms with Crippen LogP contribution in [0.2, 0.25) is 0 Å². The molecule has 1 heterocycles. The van der Waals surface area contributed by atoms with Crippen molar-refractivity contribution in [2.75, 3.05) is 6.54 Å². The summed E-state index contributed by atoms with van der Waals surface area (Å²) in [6, 6.07) is 8.18. The lowest BCUT2D eigenvalue weighted by Gasteiger charge is -2.08. The van der Waals surface area contributed by atoms with Crippen LogP contribution in [0, 0.1) is 0 Å². The highest BCUT2D eigenvalue weighted by Crippen LogP contribution is 2.17. The lowest BCUT2D eigenvalue weighted by atomic mass is 10.2. The van der Waals surface area contributed by atoms with Crippen molar-refractivity contribution in [2.24, 2.45) is 0 Å². The van der Waals surface area contributed by atoms with E-state index < -0.39 is 0 Å². The predicted molar refractivity (Wildman–Crippen MR) is 75.3 cm³/mol. The molecule has 1 N–H and O–H groups in total. The van der Waals surface area contributed by atoms with Crippen LogP contribution in [0.3, 0.4) is 0 Å². The molecule has 0 bridgehead atoms. The van der Waals surface area contributed by atoms with E-state index in [9.17, 15) is 0 Å². The predicted octanol–water partition coefficient (Wildman–Crippen LogP) is 2.59. The van der Waals surface area contributed by atoms with E-state index in [2.05, 4.69) is 44.3 Å². The smallest absolute Gasteiger partial charge is 0.141 e. The average Bonchev–Trinajstić information content (AvgIpc) is 2.80. The first kappa shape index (κ1) is 13.2. The van der Waals surface area contributed by atoms with Gasteiger partial charge in [0.25, 0.3) is 0 Å². The second kappa shape index (κ2) is 6.66. The Kier molecular flexibility index (Phi) is 4.90. The van der Waals surface area contributed by atoms with Crippen LogP contribution in [-0.4, -0.2) is 21.3 Å². The molecule has 5 heteroatoms. The third-order valence-electron chi connectivity index (χ3n) is 2.68. The van der Waals surface area contributed by atoms with Gasteiger partial charge in [-0.3, -0.25) is 0 Å². The van der Waals surface area contributed by atoms with Crippen LogP contribution in [0.25, 0.3) is 0 Å². The van der Waals surface area contributed by atoms with Crippen LogP contribution in [0.15, 0.2) is 35.1 Å². The van der Waals surface area contributed by atoms with Gasteiger partial charge < -0.3 is 5.32 Å². The SMILES string of the molecule is CCCNCc1ncnn1Cc1ccccc1Br. The number of rotatable bonds is 6. The summed E-state index contributed by atoms with van der Waals surface area (Å²) < 4.78 is 3.04. The lowest BCUT2D eigenvalue weighted by molar-refractivity contribution is 0.582. The third kappa shape index (κ3) is 3.40. The molecule has 4 nitrogen and oxygen atoms in total. The molecule has 2 aromatic rings. The highest BCUT2D eigenvalue weighted by molar-refractivity contribution is 9.10. The molecule has 1 aromatic heterocycles. The number of aromatic nitrogens is 3. The second-order valence-electron chi connectivity index (χ2n) is 4.10. The van der Waals surface area contributed by atoms with Gasteiger partial charge in [-0.25, -0.2) is 9.67 Å². The Morgan fingerprint density at radius 3 is 2.94 bits per heavy atom. The number of benzene rings is 1. The fraction of sp³-hybridized carbons (Fsp3) is 0.385. The Morgan fingerprint density at radius 1 is 1.33 bits per heavy atom. The minimum absolute atomic E-state index is 0.741. The van der Waals surface area contributed by atoms with Crippen LogP contribution >= 0.6 is 15.9 Å². The van der Waals surface area contributed by atoms with Crippen LogP contribution in [0.4, 0.5) is 0 Å². The van der Waals surface area contributed by atoms with Gasteiger partial charge in [-0.05, 0) is 24.6 Å². The van der Waals surface area contributed by atoms with Gasteiger partial charge in [-0.2, -0.15) is 5.10 Å². The fourth-order valence-electron chi connectivity index (χ4n) is 1.72. The maximum atomic E-state index is 4.29. The van der Waals surface area contributed by atoms with Crippen molar-refractivity contribution in [1.29, 1.82) is 0 Å². The first-order valence-electron chi connectivity index (χ1n) is 6.12. The number of hydrogen-bond acceptors (Lipinski definition) is 3. The molecule has 0 atom stereocenters. The number of halogens is 1. The van der Waals surface area contributed by atoms with Crippen molar-refractivity contribution >= 4 is 15.9 Å². The van der Waals surface area contributed by atoms with E-state index in [4.69, 9.17) is 0 Å². The van der Waals surface area contributed by atoms with Crippen molar-refractivity contribution in [1.82, 2.24) is 20.1 Å². The van der Waals surface area contributed by atoms with Crippen molar-refractivity contribution in [2.45, 2.75) is 26.4 Å². The van der Waals surface area contributed by atoms with Crippen molar-refractivity contribution in [3.8, 4) is 0 Å². The summed E-state index contributed by atoms with van der Waals surface area (Å²) in [5, 5.41) is 7.62. The van der Waals surface area contributed by atoms with E-state index >= 15 is 0 Å². The molecule has 18 heavy (non-hydrogen) atoms. The molecular weight excluding hydrogens is 292 g/mol. The quantitative estimate of drug-likeness (QED) is 0.834. The van der Waals surface area contributed by atoms with E-state index in [1.807, 2.05) is 22.9 Å². The lowest BCUT2D eigenvalue weighted by Crippen LogP contribution is -2.18. The summed E-state index contributed by atoms with van der Waals surface area (Å²) in [7, 11) is 0. The average molecular weight is 309 g/mol. The molecule has 0 radical (unpaired) electrons. The fourth-order valence-corrected chi connectivity index (χ4v) is 2.13. The molecule has 0 aliphatic heterocycles. The first-order chi connectivity index (χ1) is 8.81. The maximum Gasteiger partial charge on any atom is 0.141 e. The van der Waals surface area contributed by atoms with Gasteiger partial charge >= 0.3 is 0 Å². The molecule has 0 spiro atoms. The summed E-state index contributed by atoms with van der Waals surface area (Å²) in [5.74, 6) is 0.971. The molecule has 1 aromatic carbocycles. The Hall–Kier alpha value is -1.20. The summed E-state index contributed by atoms with van der Waals surface area (Å²) in [4.78, 5) is 4.29. The third-order valence-corrected chi connectivity index (χ3v) is 3.46. The monoisotopic (exact) mass is 308 g/mol. The molecule has 0 saturated heterocycles. The highest BCUT2D eigenvalue weighted by Gasteiger charge is 2.06. The van der Waals surface area contributed by atoms with Gasteiger partial charge in [0, 0.05) is 4.47 Å². The highest BCUT2D eigenvalue weighted by atomic mass is 79.9. The molecule has 0 amide bonds. The molecule has 0 saturated carbocycles. The van der Waals surface area contributed by atoms with Crippen LogP contribution in [0.1, 0.15) is 24.7 Å². The molecular formula is C13H17BrN4. The van der Waals surface area contributed by atoms with Crippen molar-refractivity contribution in [3.63, 3.8) is 0 Å². The topological polar surface area (TPSA) is 42.7 Å². The van der Waals surface area contributed by atoms with E-state index in [1.165, 1.54) is 5.56 Å². The molecule has 0 fully saturated rings. The second-order valence-corrected chi connectivity index (χ2v) is 4.96. The zero-order chi connectivity index (χ0) is 12.8. The standard InChI is InChI=1S/C13H17BrN4/c1-2-7-15-8-13-16-10-17-18(13)9-11-5-3-4-6-12(11)14/h3-6,10,15H,2,7-9H2,1H3. The van der Waals surface area contributed by atoms with E-state index in [1.54, 1.807) is 6.33 Å². The molecule has 0 aliphatic carbocycles. The zero-order valence-corrected chi connectivity index (χ0v) is 12.0. The molecule has 2 rings (SSSR count). The summed E-state index contributed by atoms with van der Waals surface area (Å²) >= 11 is 3.55. The van der Waals surface area contributed by atoms with E-state index in [0.29, 0.717) is 0 Å². The summed E-state index contributed by atoms with van der Waals surface area (Å²) in [6.45, 7) is 4.66. The van der Waals surface area contributed by atoms with Gasteiger partial charge in [0.2, 0.25) is 0 Å². The van der Waals surface area contributed by atoms with E-state index in [0.717, 1.165) is 36.4 Å². The Bertz CT molecular complexity index is 495. The largest absolute Gasteiger partial charge is 0.310 e. The molecule has 0 unspecified atom stereocenters. The minimum atomic E-state index is 0.741. The Labute approximate surface area is 116 Å². The Balaban J connectivity index is 2.05. The van der Waals surface area contributed by atoms with Gasteiger partial charge in [-0.1, -0.05) is 41.1 Å².